The average Bonchev–Trinajstić information content (AvgIpc) is 2.16. The van der Waals surface area contributed by atoms with Crippen molar-refractivity contribution in [2.45, 2.75) is 25.4 Å². The van der Waals surface area contributed by atoms with E-state index in [1.54, 1.807) is 0 Å². The van der Waals surface area contributed by atoms with E-state index in [0.717, 1.165) is 31.4 Å². The van der Waals surface area contributed by atoms with Crippen LogP contribution in [-0.4, -0.2) is 11.0 Å². The molecule has 6 heteroatoms. The molecule has 0 saturated heterocycles. The Hall–Kier alpha value is -1.17. The summed E-state index contributed by atoms with van der Waals surface area (Å²) in [7, 11) is 0. The Bertz CT molecular complexity index is 434. The highest BCUT2D eigenvalue weighted by molar-refractivity contribution is 9.10. The molecule has 86 valence electrons. The maximum atomic E-state index is 13.2. The molecular formula is C10H9BrFNO3. The van der Waals surface area contributed by atoms with Gasteiger partial charge in [0.15, 0.2) is 5.75 Å². The number of hydrogen-bond donors (Lipinski definition) is 0. The van der Waals surface area contributed by atoms with Gasteiger partial charge in [-0.15, -0.1) is 0 Å². The quantitative estimate of drug-likeness (QED) is 0.633. The molecule has 1 aromatic carbocycles. The van der Waals surface area contributed by atoms with E-state index in [2.05, 4.69) is 15.9 Å². The molecule has 1 saturated carbocycles. The number of rotatable bonds is 3. The predicted octanol–water partition coefficient (Wildman–Crippen LogP) is 3.43. The molecule has 4 nitrogen and oxygen atoms in total. The third-order valence-electron chi connectivity index (χ3n) is 2.54. The van der Waals surface area contributed by atoms with Crippen molar-refractivity contribution in [3.8, 4) is 5.75 Å². The van der Waals surface area contributed by atoms with Gasteiger partial charge in [0.25, 0.3) is 0 Å². The number of halogens is 2. The zero-order valence-electron chi connectivity index (χ0n) is 8.28. The van der Waals surface area contributed by atoms with Gasteiger partial charge in [-0.3, -0.25) is 10.1 Å². The first-order valence-corrected chi connectivity index (χ1v) is 5.67. The first-order chi connectivity index (χ1) is 7.58. The summed E-state index contributed by atoms with van der Waals surface area (Å²) < 4.78 is 18.7. The van der Waals surface area contributed by atoms with Gasteiger partial charge in [0.1, 0.15) is 5.82 Å². The maximum Gasteiger partial charge on any atom is 0.312 e. The lowest BCUT2D eigenvalue weighted by Crippen LogP contribution is -2.25. The van der Waals surface area contributed by atoms with E-state index in [0.29, 0.717) is 0 Å². The standard InChI is InChI=1S/C10H9BrFNO3/c11-7-4-9(13(14)15)10(5-8(7)12)16-6-2-1-3-6/h4-6H,1-3H2. The minimum atomic E-state index is -0.571. The van der Waals surface area contributed by atoms with Crippen LogP contribution in [0.15, 0.2) is 16.6 Å². The van der Waals surface area contributed by atoms with Crippen LogP contribution in [0.25, 0.3) is 0 Å². The lowest BCUT2D eigenvalue weighted by molar-refractivity contribution is -0.386. The Labute approximate surface area is 99.7 Å². The second-order valence-corrected chi connectivity index (χ2v) is 4.52. The highest BCUT2D eigenvalue weighted by Crippen LogP contribution is 2.35. The van der Waals surface area contributed by atoms with Gasteiger partial charge >= 0.3 is 5.69 Å². The Morgan fingerprint density at radius 3 is 2.69 bits per heavy atom. The van der Waals surface area contributed by atoms with Crippen molar-refractivity contribution < 1.29 is 14.1 Å². The van der Waals surface area contributed by atoms with E-state index >= 15 is 0 Å². The first-order valence-electron chi connectivity index (χ1n) is 4.88. The van der Waals surface area contributed by atoms with Gasteiger partial charge in [-0.05, 0) is 35.2 Å². The van der Waals surface area contributed by atoms with Crippen LogP contribution >= 0.6 is 15.9 Å². The largest absolute Gasteiger partial charge is 0.483 e. The summed E-state index contributed by atoms with van der Waals surface area (Å²) in [4.78, 5) is 10.2. The number of ether oxygens (including phenoxy) is 1. The van der Waals surface area contributed by atoms with E-state index < -0.39 is 10.7 Å². The monoisotopic (exact) mass is 289 g/mol. The highest BCUT2D eigenvalue weighted by Gasteiger charge is 2.25. The fraction of sp³-hybridized carbons (Fsp3) is 0.400. The Kier molecular flexibility index (Phi) is 3.09. The molecule has 0 N–H and O–H groups in total. The Morgan fingerprint density at radius 2 is 2.19 bits per heavy atom. The molecule has 0 radical (unpaired) electrons. The molecular weight excluding hydrogens is 281 g/mol. The topological polar surface area (TPSA) is 52.4 Å². The van der Waals surface area contributed by atoms with E-state index in [4.69, 9.17) is 4.74 Å². The van der Waals surface area contributed by atoms with Gasteiger partial charge in [-0.1, -0.05) is 0 Å². The highest BCUT2D eigenvalue weighted by atomic mass is 79.9. The van der Waals surface area contributed by atoms with Crippen LogP contribution in [0.3, 0.4) is 0 Å². The van der Waals surface area contributed by atoms with E-state index in [9.17, 15) is 14.5 Å². The summed E-state index contributed by atoms with van der Waals surface area (Å²) in [5, 5.41) is 10.8. The molecule has 1 aliphatic carbocycles. The summed E-state index contributed by atoms with van der Waals surface area (Å²) in [5.74, 6) is -0.546. The minimum Gasteiger partial charge on any atom is -0.483 e. The van der Waals surface area contributed by atoms with Crippen molar-refractivity contribution in [1.29, 1.82) is 0 Å². The van der Waals surface area contributed by atoms with Crippen molar-refractivity contribution in [3.05, 3.63) is 32.5 Å². The summed E-state index contributed by atoms with van der Waals surface area (Å²) in [5.41, 5.74) is -0.208. The Balaban J connectivity index is 2.32. The van der Waals surface area contributed by atoms with Crippen molar-refractivity contribution in [2.75, 3.05) is 0 Å². The van der Waals surface area contributed by atoms with Crippen LogP contribution < -0.4 is 4.74 Å². The number of benzene rings is 1. The predicted molar refractivity (Wildman–Crippen MR) is 59.0 cm³/mol. The molecule has 1 aliphatic rings. The van der Waals surface area contributed by atoms with Gasteiger partial charge in [0.2, 0.25) is 0 Å². The zero-order valence-corrected chi connectivity index (χ0v) is 9.87. The lowest BCUT2D eigenvalue weighted by Gasteiger charge is -2.26. The number of nitro benzene ring substituents is 1. The smallest absolute Gasteiger partial charge is 0.312 e. The second-order valence-electron chi connectivity index (χ2n) is 3.66. The lowest BCUT2D eigenvalue weighted by atomic mass is 9.96. The first kappa shape index (κ1) is 11.3. The molecule has 0 heterocycles. The molecule has 0 amide bonds. The normalized spacial score (nSPS) is 15.6. The zero-order chi connectivity index (χ0) is 11.7. The van der Waals surface area contributed by atoms with E-state index in [-0.39, 0.29) is 22.0 Å². The van der Waals surface area contributed by atoms with Crippen molar-refractivity contribution in [2.24, 2.45) is 0 Å². The molecule has 0 aliphatic heterocycles. The summed E-state index contributed by atoms with van der Waals surface area (Å²) in [6.07, 6.45) is 2.78. The molecule has 0 unspecified atom stereocenters. The minimum absolute atomic E-state index is 0.00963. The van der Waals surface area contributed by atoms with Crippen LogP contribution in [0.5, 0.6) is 5.75 Å². The van der Waals surface area contributed by atoms with Crippen molar-refractivity contribution >= 4 is 21.6 Å². The van der Waals surface area contributed by atoms with Gasteiger partial charge < -0.3 is 4.74 Å². The molecule has 0 bridgehead atoms. The fourth-order valence-corrected chi connectivity index (χ4v) is 1.75. The van der Waals surface area contributed by atoms with Crippen LogP contribution in [0.2, 0.25) is 0 Å². The van der Waals surface area contributed by atoms with E-state index in [1.165, 1.54) is 0 Å². The SMILES string of the molecule is O=[N+]([O-])c1cc(Br)c(F)cc1OC1CCC1. The molecule has 1 fully saturated rings. The number of nitro groups is 1. The van der Waals surface area contributed by atoms with Gasteiger partial charge in [0.05, 0.1) is 15.5 Å². The summed E-state index contributed by atoms with van der Waals surface area (Å²) in [6.45, 7) is 0. The molecule has 1 aromatic rings. The third-order valence-corrected chi connectivity index (χ3v) is 3.15. The van der Waals surface area contributed by atoms with Crippen molar-refractivity contribution in [1.82, 2.24) is 0 Å². The molecule has 0 aromatic heterocycles. The number of hydrogen-bond acceptors (Lipinski definition) is 3. The van der Waals surface area contributed by atoms with Crippen LogP contribution in [0, 0.1) is 15.9 Å². The number of nitrogens with zero attached hydrogens (tertiary/aromatic N) is 1. The van der Waals surface area contributed by atoms with Gasteiger partial charge in [-0.2, -0.15) is 0 Å². The molecule has 2 rings (SSSR count). The second kappa shape index (κ2) is 4.37. The maximum absolute atomic E-state index is 13.2. The molecule has 16 heavy (non-hydrogen) atoms. The van der Waals surface area contributed by atoms with Crippen LogP contribution in [-0.2, 0) is 0 Å². The molecule has 0 spiro atoms. The fourth-order valence-electron chi connectivity index (χ4n) is 1.42. The molecule has 0 atom stereocenters. The summed E-state index contributed by atoms with van der Waals surface area (Å²) >= 11 is 2.91. The average molecular weight is 290 g/mol. The Morgan fingerprint density at radius 1 is 1.50 bits per heavy atom. The van der Waals surface area contributed by atoms with Crippen LogP contribution in [0.1, 0.15) is 19.3 Å². The van der Waals surface area contributed by atoms with Crippen LogP contribution in [0.4, 0.5) is 10.1 Å². The van der Waals surface area contributed by atoms with Gasteiger partial charge in [0, 0.05) is 12.1 Å². The van der Waals surface area contributed by atoms with Gasteiger partial charge in [-0.25, -0.2) is 4.39 Å². The van der Waals surface area contributed by atoms with E-state index in [1.807, 2.05) is 0 Å². The summed E-state index contributed by atoms with van der Waals surface area (Å²) in [6, 6.07) is 2.18. The van der Waals surface area contributed by atoms with Crippen molar-refractivity contribution in [3.63, 3.8) is 0 Å². The third kappa shape index (κ3) is 2.16.